The number of hydrogen-bond donors (Lipinski definition) is 2. The molecule has 0 fully saturated rings. The summed E-state index contributed by atoms with van der Waals surface area (Å²) in [4.78, 5) is 27.6. The zero-order chi connectivity index (χ0) is 24.5. The number of nitrogens with zero attached hydrogens (tertiary/aromatic N) is 2. The van der Waals surface area contributed by atoms with E-state index in [-0.39, 0.29) is 24.1 Å². The van der Waals surface area contributed by atoms with Gasteiger partial charge < -0.3 is 15.4 Å². The van der Waals surface area contributed by atoms with Crippen LogP contribution in [0, 0.1) is 0 Å². The van der Waals surface area contributed by atoms with Gasteiger partial charge in [-0.25, -0.2) is 14.2 Å². The SMILES string of the molecule is CCOC(=O)n1c2c(c3ccc(N(C)C(=O)NC(C)c4ccccc4)cc31)C(C)(C)CNC=C2. The van der Waals surface area contributed by atoms with E-state index in [2.05, 4.69) is 24.5 Å². The number of aromatic nitrogens is 1. The fraction of sp³-hybridized carbons (Fsp3) is 0.333. The van der Waals surface area contributed by atoms with Crippen LogP contribution < -0.4 is 15.5 Å². The van der Waals surface area contributed by atoms with Crippen molar-refractivity contribution in [2.45, 2.75) is 39.2 Å². The van der Waals surface area contributed by atoms with Gasteiger partial charge in [0.1, 0.15) is 0 Å². The second-order valence-electron chi connectivity index (χ2n) is 9.24. The maximum absolute atomic E-state index is 13.0. The van der Waals surface area contributed by atoms with Gasteiger partial charge in [0.05, 0.1) is 23.9 Å². The third kappa shape index (κ3) is 4.25. The molecule has 1 unspecified atom stereocenters. The molecule has 0 radical (unpaired) electrons. The average molecular weight is 461 g/mol. The monoisotopic (exact) mass is 460 g/mol. The summed E-state index contributed by atoms with van der Waals surface area (Å²) in [6.07, 6.45) is 3.35. The molecule has 178 valence electrons. The van der Waals surface area contributed by atoms with E-state index in [1.54, 1.807) is 23.4 Å². The molecule has 3 aromatic rings. The Morgan fingerprint density at radius 3 is 2.65 bits per heavy atom. The number of carbonyl (C=O) groups excluding carboxylic acids is 2. The number of fused-ring (bicyclic) bond motifs is 3. The van der Waals surface area contributed by atoms with Crippen LogP contribution in [0.2, 0.25) is 0 Å². The third-order valence-corrected chi connectivity index (χ3v) is 6.35. The second-order valence-corrected chi connectivity index (χ2v) is 9.24. The molecule has 2 amide bonds. The van der Waals surface area contributed by atoms with Crippen molar-refractivity contribution in [3.05, 3.63) is 71.6 Å². The Balaban J connectivity index is 1.75. The molecule has 0 saturated heterocycles. The fourth-order valence-corrected chi connectivity index (χ4v) is 4.52. The van der Waals surface area contributed by atoms with Gasteiger partial charge in [0.25, 0.3) is 0 Å². The summed E-state index contributed by atoms with van der Waals surface area (Å²) in [7, 11) is 1.73. The van der Waals surface area contributed by atoms with Crippen LogP contribution in [0.4, 0.5) is 15.3 Å². The maximum Gasteiger partial charge on any atom is 0.418 e. The lowest BCUT2D eigenvalue weighted by Crippen LogP contribution is -2.38. The minimum Gasteiger partial charge on any atom is -0.449 e. The summed E-state index contributed by atoms with van der Waals surface area (Å²) in [5, 5.41) is 7.31. The van der Waals surface area contributed by atoms with E-state index >= 15 is 0 Å². The van der Waals surface area contributed by atoms with Crippen LogP contribution in [-0.4, -0.2) is 36.9 Å². The van der Waals surface area contributed by atoms with Crippen LogP contribution in [0.3, 0.4) is 0 Å². The van der Waals surface area contributed by atoms with Gasteiger partial charge in [0, 0.05) is 30.1 Å². The first-order valence-corrected chi connectivity index (χ1v) is 11.6. The molecule has 7 heteroatoms. The van der Waals surface area contributed by atoms with Crippen molar-refractivity contribution in [1.29, 1.82) is 0 Å². The lowest BCUT2D eigenvalue weighted by atomic mass is 9.83. The predicted octanol–water partition coefficient (Wildman–Crippen LogP) is 5.40. The van der Waals surface area contributed by atoms with Gasteiger partial charge in [0.2, 0.25) is 0 Å². The van der Waals surface area contributed by atoms with E-state index in [4.69, 9.17) is 4.74 Å². The van der Waals surface area contributed by atoms with Gasteiger partial charge in [-0.15, -0.1) is 0 Å². The first-order chi connectivity index (χ1) is 16.2. The fourth-order valence-electron chi connectivity index (χ4n) is 4.52. The highest BCUT2D eigenvalue weighted by Crippen LogP contribution is 2.39. The summed E-state index contributed by atoms with van der Waals surface area (Å²) >= 11 is 0. The summed E-state index contributed by atoms with van der Waals surface area (Å²) in [5.74, 6) is 0. The van der Waals surface area contributed by atoms with Crippen LogP contribution in [0.25, 0.3) is 17.0 Å². The molecule has 2 N–H and O–H groups in total. The maximum atomic E-state index is 13.0. The summed E-state index contributed by atoms with van der Waals surface area (Å²) < 4.78 is 7.01. The Bertz CT molecular complexity index is 1240. The Hall–Kier alpha value is -3.74. The first kappa shape index (κ1) is 23.4. The molecule has 0 spiro atoms. The number of nitrogens with one attached hydrogen (secondary N) is 2. The topological polar surface area (TPSA) is 75.6 Å². The highest BCUT2D eigenvalue weighted by molar-refractivity contribution is 6.01. The van der Waals surface area contributed by atoms with E-state index in [1.165, 1.54) is 0 Å². The van der Waals surface area contributed by atoms with Gasteiger partial charge in [-0.2, -0.15) is 0 Å². The van der Waals surface area contributed by atoms with Crippen molar-refractivity contribution in [3.8, 4) is 0 Å². The molecular formula is C27H32N4O3. The minimum atomic E-state index is -0.432. The van der Waals surface area contributed by atoms with E-state index < -0.39 is 6.09 Å². The van der Waals surface area contributed by atoms with Gasteiger partial charge in [-0.3, -0.25) is 4.90 Å². The van der Waals surface area contributed by atoms with E-state index in [9.17, 15) is 9.59 Å². The van der Waals surface area contributed by atoms with Gasteiger partial charge >= 0.3 is 12.1 Å². The van der Waals surface area contributed by atoms with Crippen LogP contribution in [0.1, 0.15) is 50.6 Å². The molecule has 4 rings (SSSR count). The molecule has 2 heterocycles. The Kier molecular flexibility index (Phi) is 6.37. The van der Waals surface area contributed by atoms with E-state index in [0.717, 1.165) is 34.3 Å². The van der Waals surface area contributed by atoms with Crippen molar-refractivity contribution < 1.29 is 14.3 Å². The lowest BCUT2D eigenvalue weighted by Gasteiger charge is -2.24. The molecule has 1 aliphatic rings. The molecule has 0 saturated carbocycles. The van der Waals surface area contributed by atoms with Crippen molar-refractivity contribution >= 4 is 34.8 Å². The number of carbonyl (C=O) groups is 2. The normalized spacial score (nSPS) is 15.1. The largest absolute Gasteiger partial charge is 0.449 e. The molecule has 1 aliphatic heterocycles. The Morgan fingerprint density at radius 2 is 1.94 bits per heavy atom. The number of rotatable bonds is 4. The number of benzene rings is 2. The molecular weight excluding hydrogens is 428 g/mol. The number of ether oxygens (including phenoxy) is 1. The quantitative estimate of drug-likeness (QED) is 0.546. The zero-order valence-electron chi connectivity index (χ0n) is 20.4. The van der Waals surface area contributed by atoms with Crippen molar-refractivity contribution in [3.63, 3.8) is 0 Å². The van der Waals surface area contributed by atoms with Crippen LogP contribution in [0.15, 0.2) is 54.7 Å². The molecule has 7 nitrogen and oxygen atoms in total. The number of urea groups is 1. The molecule has 1 aromatic heterocycles. The smallest absolute Gasteiger partial charge is 0.418 e. The number of amides is 2. The van der Waals surface area contributed by atoms with Crippen LogP contribution >= 0.6 is 0 Å². The van der Waals surface area contributed by atoms with Crippen molar-refractivity contribution in [2.24, 2.45) is 0 Å². The zero-order valence-corrected chi connectivity index (χ0v) is 20.4. The molecule has 0 aliphatic carbocycles. The molecule has 0 bridgehead atoms. The molecule has 2 aromatic carbocycles. The number of hydrogen-bond acceptors (Lipinski definition) is 4. The Labute approximate surface area is 200 Å². The van der Waals surface area contributed by atoms with Crippen LogP contribution in [-0.2, 0) is 10.2 Å². The highest BCUT2D eigenvalue weighted by Gasteiger charge is 2.32. The minimum absolute atomic E-state index is 0.141. The standard InChI is InChI=1S/C27H32N4O3/c1-6-34-26(33)31-22-14-15-28-17-27(3,4)24(22)21-13-12-20(16-23(21)31)30(5)25(32)29-18(2)19-10-8-7-9-11-19/h7-16,18,28H,6,17H2,1-5H3,(H,29,32). The third-order valence-electron chi connectivity index (χ3n) is 6.35. The van der Waals surface area contributed by atoms with Gasteiger partial charge in [0.15, 0.2) is 0 Å². The second kappa shape index (κ2) is 9.25. The number of anilines is 1. The average Bonchev–Trinajstić information content (AvgIpc) is 3.07. The predicted molar refractivity (Wildman–Crippen MR) is 136 cm³/mol. The van der Waals surface area contributed by atoms with Crippen molar-refractivity contribution in [2.75, 3.05) is 25.1 Å². The summed E-state index contributed by atoms with van der Waals surface area (Å²) in [6, 6.07) is 15.3. The van der Waals surface area contributed by atoms with Crippen molar-refractivity contribution in [1.82, 2.24) is 15.2 Å². The highest BCUT2D eigenvalue weighted by atomic mass is 16.5. The Morgan fingerprint density at radius 1 is 1.21 bits per heavy atom. The lowest BCUT2D eigenvalue weighted by molar-refractivity contribution is 0.155. The van der Waals surface area contributed by atoms with E-state index in [0.29, 0.717) is 5.69 Å². The molecule has 34 heavy (non-hydrogen) atoms. The summed E-state index contributed by atoms with van der Waals surface area (Å²) in [5.41, 5.74) is 4.09. The van der Waals surface area contributed by atoms with Gasteiger partial charge in [-0.1, -0.05) is 50.2 Å². The summed E-state index contributed by atoms with van der Waals surface area (Å²) in [6.45, 7) is 9.06. The molecule has 1 atom stereocenters. The van der Waals surface area contributed by atoms with E-state index in [1.807, 2.05) is 67.7 Å². The van der Waals surface area contributed by atoms with Crippen LogP contribution in [0.5, 0.6) is 0 Å². The first-order valence-electron chi connectivity index (χ1n) is 11.6. The van der Waals surface area contributed by atoms with Gasteiger partial charge in [-0.05, 0) is 49.4 Å².